The molecular weight excluding hydrogens is 580 g/mol. The summed E-state index contributed by atoms with van der Waals surface area (Å²) >= 11 is 7.40. The molecule has 0 amide bonds. The lowest BCUT2D eigenvalue weighted by molar-refractivity contribution is 0.0697. The molecule has 0 unspecified atom stereocenters. The maximum atomic E-state index is 15.5. The van der Waals surface area contributed by atoms with Gasteiger partial charge in [0.2, 0.25) is 5.88 Å². The second kappa shape index (κ2) is 11.7. The Morgan fingerprint density at radius 3 is 2.52 bits per heavy atom. The Morgan fingerprint density at radius 1 is 0.929 bits per heavy atom. The lowest BCUT2D eigenvalue weighted by Crippen LogP contribution is -2.06. The fourth-order valence-corrected chi connectivity index (χ4v) is 5.49. The van der Waals surface area contributed by atoms with Crippen molar-refractivity contribution in [1.82, 2.24) is 14.5 Å². The predicted molar refractivity (Wildman–Crippen MR) is 158 cm³/mol. The fraction of sp³-hybridized carbons (Fsp3) is 0.0938. The van der Waals surface area contributed by atoms with E-state index >= 15 is 4.39 Å². The minimum absolute atomic E-state index is 0.0345. The Labute approximate surface area is 248 Å². The van der Waals surface area contributed by atoms with E-state index in [1.54, 1.807) is 65.9 Å². The summed E-state index contributed by atoms with van der Waals surface area (Å²) in [6, 6.07) is 23.1. The number of nitrogens with zero attached hydrogens (tertiary/aromatic N) is 3. The molecule has 1 N–H and O–H groups in total. The van der Waals surface area contributed by atoms with Crippen molar-refractivity contribution in [3.8, 4) is 17.1 Å². The van der Waals surface area contributed by atoms with Crippen LogP contribution in [-0.4, -0.2) is 25.6 Å². The lowest BCUT2D eigenvalue weighted by atomic mass is 10.1. The van der Waals surface area contributed by atoms with E-state index < -0.39 is 17.6 Å². The first kappa shape index (κ1) is 27.6. The van der Waals surface area contributed by atoms with Crippen LogP contribution in [0.5, 0.6) is 5.88 Å². The highest BCUT2D eigenvalue weighted by Gasteiger charge is 2.17. The minimum atomic E-state index is -1.02. The van der Waals surface area contributed by atoms with Gasteiger partial charge in [-0.2, -0.15) is 0 Å². The molecule has 6 rings (SSSR count). The van der Waals surface area contributed by atoms with Crippen LogP contribution in [-0.2, 0) is 19.6 Å². The predicted octanol–water partition coefficient (Wildman–Crippen LogP) is 8.01. The number of hydrogen-bond acceptors (Lipinski definition) is 5. The van der Waals surface area contributed by atoms with Crippen LogP contribution in [0, 0.1) is 11.6 Å². The van der Waals surface area contributed by atoms with Crippen LogP contribution in [0.1, 0.15) is 32.2 Å². The van der Waals surface area contributed by atoms with Gasteiger partial charge < -0.3 is 14.4 Å². The van der Waals surface area contributed by atoms with E-state index in [0.717, 1.165) is 4.88 Å². The molecule has 0 saturated carbocycles. The molecule has 0 atom stereocenters. The summed E-state index contributed by atoms with van der Waals surface area (Å²) in [6.45, 7) is 0.454. The van der Waals surface area contributed by atoms with Crippen LogP contribution in [0.3, 0.4) is 0 Å². The second-order valence-electron chi connectivity index (χ2n) is 9.57. The number of fused-ring (bicyclic) bond motifs is 1. The number of halogens is 3. The van der Waals surface area contributed by atoms with Crippen molar-refractivity contribution in [2.75, 3.05) is 0 Å². The van der Waals surface area contributed by atoms with Crippen LogP contribution in [0.4, 0.5) is 8.78 Å². The number of aromatic carboxylic acids is 1. The standard InChI is InChI=1S/C32H22ClF2N3O3S/c33-23-10-8-22(26(35)16-23)18-41-31-5-1-4-27(37-31)20-7-6-19(25(34)13-20)15-30-36-28-11-9-21(32(39)40)14-29(28)38(30)17-24-3-2-12-42-24/h1-14,16H,15,17-18H2,(H,39,40). The van der Waals surface area contributed by atoms with Crippen molar-refractivity contribution in [3.05, 3.63) is 134 Å². The first-order valence-corrected chi connectivity index (χ1v) is 14.2. The minimum Gasteiger partial charge on any atom is -0.478 e. The fourth-order valence-electron chi connectivity index (χ4n) is 4.64. The second-order valence-corrected chi connectivity index (χ2v) is 11.0. The van der Waals surface area contributed by atoms with Gasteiger partial charge in [-0.05, 0) is 59.5 Å². The van der Waals surface area contributed by atoms with E-state index in [0.29, 0.717) is 50.8 Å². The summed E-state index contributed by atoms with van der Waals surface area (Å²) in [5.74, 6) is -1.03. The number of carboxylic acid groups (broad SMARTS) is 1. The average molecular weight is 602 g/mol. The quantitative estimate of drug-likeness (QED) is 0.182. The highest BCUT2D eigenvalue weighted by Crippen LogP contribution is 2.27. The third kappa shape index (κ3) is 5.88. The molecule has 3 aromatic carbocycles. The van der Waals surface area contributed by atoms with E-state index in [-0.39, 0.29) is 24.5 Å². The monoisotopic (exact) mass is 601 g/mol. The van der Waals surface area contributed by atoms with Crippen LogP contribution in [0.25, 0.3) is 22.3 Å². The van der Waals surface area contributed by atoms with Crippen LogP contribution < -0.4 is 4.74 Å². The average Bonchev–Trinajstić information content (AvgIpc) is 3.61. The third-order valence-corrected chi connectivity index (χ3v) is 7.88. The Hall–Kier alpha value is -4.60. The number of aromatic nitrogens is 3. The maximum absolute atomic E-state index is 15.5. The molecular formula is C32H22ClF2N3O3S. The third-order valence-electron chi connectivity index (χ3n) is 6.78. The number of imidazole rings is 1. The summed E-state index contributed by atoms with van der Waals surface area (Å²) in [7, 11) is 0. The van der Waals surface area contributed by atoms with Crippen molar-refractivity contribution >= 4 is 39.9 Å². The number of hydrogen-bond donors (Lipinski definition) is 1. The number of carbonyl (C=O) groups is 1. The van der Waals surface area contributed by atoms with Crippen molar-refractivity contribution in [1.29, 1.82) is 0 Å². The van der Waals surface area contributed by atoms with E-state index in [1.807, 2.05) is 22.1 Å². The van der Waals surface area contributed by atoms with E-state index in [2.05, 4.69) is 4.98 Å². The molecule has 210 valence electrons. The smallest absolute Gasteiger partial charge is 0.335 e. The Kier molecular flexibility index (Phi) is 7.69. The van der Waals surface area contributed by atoms with Gasteiger partial charge in [0.15, 0.2) is 0 Å². The zero-order chi connectivity index (χ0) is 29.2. The SMILES string of the molecule is O=C(O)c1ccc2nc(Cc3ccc(-c4cccc(OCc5ccc(Cl)cc5F)n4)cc3F)n(Cc3cccs3)c2c1. The zero-order valence-corrected chi connectivity index (χ0v) is 23.5. The summed E-state index contributed by atoms with van der Waals surface area (Å²) in [5.41, 5.74) is 3.31. The number of carboxylic acids is 1. The van der Waals surface area contributed by atoms with Gasteiger partial charge in [0.25, 0.3) is 0 Å². The molecule has 0 spiro atoms. The number of thiophene rings is 1. The Bertz CT molecular complexity index is 1920. The molecule has 10 heteroatoms. The molecule has 3 aromatic heterocycles. The van der Waals surface area contributed by atoms with Crippen LogP contribution in [0.2, 0.25) is 5.02 Å². The molecule has 6 aromatic rings. The van der Waals surface area contributed by atoms with Crippen molar-refractivity contribution < 1.29 is 23.4 Å². The molecule has 3 heterocycles. The highest BCUT2D eigenvalue weighted by molar-refractivity contribution is 7.09. The van der Waals surface area contributed by atoms with Crippen molar-refractivity contribution in [2.24, 2.45) is 0 Å². The topological polar surface area (TPSA) is 77.2 Å². The van der Waals surface area contributed by atoms with Crippen molar-refractivity contribution in [2.45, 2.75) is 19.6 Å². The molecule has 42 heavy (non-hydrogen) atoms. The van der Waals surface area contributed by atoms with E-state index in [9.17, 15) is 14.3 Å². The van der Waals surface area contributed by atoms with Gasteiger partial charge in [-0.15, -0.1) is 11.3 Å². The normalized spacial score (nSPS) is 11.2. The Balaban J connectivity index is 1.26. The maximum Gasteiger partial charge on any atom is 0.335 e. The van der Waals surface area contributed by atoms with Gasteiger partial charge in [-0.1, -0.05) is 41.9 Å². The first-order valence-electron chi connectivity index (χ1n) is 12.9. The van der Waals surface area contributed by atoms with Gasteiger partial charge in [0, 0.05) is 33.5 Å². The largest absolute Gasteiger partial charge is 0.478 e. The van der Waals surface area contributed by atoms with Crippen molar-refractivity contribution in [3.63, 3.8) is 0 Å². The lowest BCUT2D eigenvalue weighted by Gasteiger charge is -2.11. The molecule has 0 saturated heterocycles. The number of ether oxygens (including phenoxy) is 1. The summed E-state index contributed by atoms with van der Waals surface area (Å²) in [4.78, 5) is 21.9. The first-order chi connectivity index (χ1) is 20.3. The molecule has 0 bridgehead atoms. The van der Waals surface area contributed by atoms with Gasteiger partial charge in [0.05, 0.1) is 28.8 Å². The molecule has 0 radical (unpaired) electrons. The van der Waals surface area contributed by atoms with E-state index in [4.69, 9.17) is 21.3 Å². The van der Waals surface area contributed by atoms with Gasteiger partial charge in [0.1, 0.15) is 24.1 Å². The zero-order valence-electron chi connectivity index (χ0n) is 21.9. The molecule has 0 aliphatic heterocycles. The van der Waals surface area contributed by atoms with Gasteiger partial charge in [-0.3, -0.25) is 0 Å². The van der Waals surface area contributed by atoms with E-state index in [1.165, 1.54) is 18.2 Å². The van der Waals surface area contributed by atoms with Gasteiger partial charge >= 0.3 is 5.97 Å². The summed E-state index contributed by atoms with van der Waals surface area (Å²) in [6.07, 6.45) is 0.206. The summed E-state index contributed by atoms with van der Waals surface area (Å²) < 4.78 is 37.2. The number of pyridine rings is 1. The van der Waals surface area contributed by atoms with Crippen LogP contribution >= 0.6 is 22.9 Å². The highest BCUT2D eigenvalue weighted by atomic mass is 35.5. The van der Waals surface area contributed by atoms with Gasteiger partial charge in [-0.25, -0.2) is 23.5 Å². The Morgan fingerprint density at radius 2 is 1.76 bits per heavy atom. The molecule has 6 nitrogen and oxygen atoms in total. The van der Waals surface area contributed by atoms with Crippen LogP contribution in [0.15, 0.2) is 90.3 Å². The summed E-state index contributed by atoms with van der Waals surface area (Å²) in [5, 5.41) is 11.8. The molecule has 0 aliphatic rings. The number of rotatable bonds is 9. The molecule has 0 fully saturated rings. The number of benzene rings is 3. The molecule has 0 aliphatic carbocycles.